The third-order valence-corrected chi connectivity index (χ3v) is 7.12. The number of rotatable bonds is 5. The number of fused-ring (bicyclic) bond motifs is 2. The van der Waals surface area contributed by atoms with Gasteiger partial charge in [-0.2, -0.15) is 0 Å². The first kappa shape index (κ1) is 18.0. The normalized spacial score (nSPS) is 31.6. The van der Waals surface area contributed by atoms with Crippen molar-refractivity contribution in [2.45, 2.75) is 37.4 Å². The first-order valence-electron chi connectivity index (χ1n) is 10.5. The Balaban J connectivity index is 1.46. The van der Waals surface area contributed by atoms with Crippen LogP contribution in [0.5, 0.6) is 11.5 Å². The molecule has 0 aromatic heterocycles. The third-order valence-electron chi connectivity index (χ3n) is 7.12. The van der Waals surface area contributed by atoms with E-state index in [1.165, 1.54) is 37.1 Å². The Bertz CT molecular complexity index is 794. The van der Waals surface area contributed by atoms with E-state index in [9.17, 15) is 0 Å². The van der Waals surface area contributed by atoms with Crippen LogP contribution >= 0.6 is 0 Å². The van der Waals surface area contributed by atoms with Gasteiger partial charge >= 0.3 is 0 Å². The lowest BCUT2D eigenvalue weighted by molar-refractivity contribution is -0.00871. The van der Waals surface area contributed by atoms with E-state index in [-0.39, 0.29) is 0 Å². The van der Waals surface area contributed by atoms with Crippen LogP contribution in [0.25, 0.3) is 0 Å². The highest BCUT2D eigenvalue weighted by Gasteiger charge is 2.53. The van der Waals surface area contributed by atoms with Gasteiger partial charge in [-0.25, -0.2) is 0 Å². The molecule has 4 heteroatoms. The zero-order chi connectivity index (χ0) is 19.1. The first-order chi connectivity index (χ1) is 13.8. The van der Waals surface area contributed by atoms with Crippen molar-refractivity contribution in [1.82, 2.24) is 9.80 Å². The molecule has 3 atom stereocenters. The van der Waals surface area contributed by atoms with Gasteiger partial charge in [0.2, 0.25) is 0 Å². The van der Waals surface area contributed by atoms with E-state index in [1.54, 1.807) is 14.2 Å². The molecule has 0 amide bonds. The molecule has 2 bridgehead atoms. The second-order valence-electron chi connectivity index (χ2n) is 8.52. The van der Waals surface area contributed by atoms with Crippen molar-refractivity contribution in [3.8, 4) is 11.5 Å². The predicted octanol–water partition coefficient (Wildman–Crippen LogP) is 3.77. The average Bonchev–Trinajstić information content (AvgIpc) is 3.16. The van der Waals surface area contributed by atoms with Crippen molar-refractivity contribution in [2.75, 3.05) is 33.9 Å². The molecule has 4 fully saturated rings. The van der Waals surface area contributed by atoms with Gasteiger partial charge in [0.1, 0.15) is 11.5 Å². The molecule has 0 N–H and O–H groups in total. The number of hydrogen-bond acceptors (Lipinski definition) is 4. The summed E-state index contributed by atoms with van der Waals surface area (Å²) in [6.07, 6.45) is 2.70. The van der Waals surface area contributed by atoms with E-state index in [0.29, 0.717) is 18.0 Å². The molecule has 6 rings (SSSR count). The summed E-state index contributed by atoms with van der Waals surface area (Å²) in [4.78, 5) is 5.51. The number of piperidine rings is 3. The van der Waals surface area contributed by atoms with Gasteiger partial charge in [-0.15, -0.1) is 0 Å². The SMILES string of the molecule is COc1cc(CN2C[C@H](c3ccccc3)[C@H]3[C@@H]2C2CCN3CC2)cc(OC)c1. The van der Waals surface area contributed by atoms with Gasteiger partial charge < -0.3 is 9.47 Å². The molecule has 0 radical (unpaired) electrons. The molecule has 0 spiro atoms. The van der Waals surface area contributed by atoms with Crippen molar-refractivity contribution in [2.24, 2.45) is 5.92 Å². The van der Waals surface area contributed by atoms with Crippen molar-refractivity contribution in [3.63, 3.8) is 0 Å². The van der Waals surface area contributed by atoms with Crippen molar-refractivity contribution in [1.29, 1.82) is 0 Å². The molecular formula is C24H30N2O2. The van der Waals surface area contributed by atoms with Crippen LogP contribution in [0.2, 0.25) is 0 Å². The van der Waals surface area contributed by atoms with Gasteiger partial charge in [0.15, 0.2) is 0 Å². The van der Waals surface area contributed by atoms with Crippen molar-refractivity contribution < 1.29 is 9.47 Å². The van der Waals surface area contributed by atoms with Gasteiger partial charge in [-0.1, -0.05) is 30.3 Å². The van der Waals surface area contributed by atoms with Gasteiger partial charge in [0.25, 0.3) is 0 Å². The van der Waals surface area contributed by atoms with Crippen LogP contribution in [0, 0.1) is 5.92 Å². The molecule has 0 saturated carbocycles. The van der Waals surface area contributed by atoms with Crippen LogP contribution in [-0.2, 0) is 6.54 Å². The zero-order valence-corrected chi connectivity index (χ0v) is 16.9. The monoisotopic (exact) mass is 378 g/mol. The minimum absolute atomic E-state index is 0.599. The van der Waals surface area contributed by atoms with E-state index in [1.807, 2.05) is 6.07 Å². The summed E-state index contributed by atoms with van der Waals surface area (Å²) in [6, 6.07) is 18.7. The van der Waals surface area contributed by atoms with E-state index >= 15 is 0 Å². The maximum Gasteiger partial charge on any atom is 0.122 e. The quantitative estimate of drug-likeness (QED) is 0.791. The number of likely N-dealkylation sites (tertiary alicyclic amines) is 1. The number of nitrogens with zero attached hydrogens (tertiary/aromatic N) is 2. The van der Waals surface area contributed by atoms with Gasteiger partial charge in [0, 0.05) is 37.2 Å². The summed E-state index contributed by atoms with van der Waals surface area (Å²) in [6.45, 7) is 4.64. The standard InChI is InChI=1S/C24H30N2O2/c1-27-20-12-17(13-21(14-20)28-2)15-26-16-22(18-6-4-3-5-7-18)24-23(26)19-8-10-25(24)11-9-19/h3-7,12-14,19,22-24H,8-11,15-16H2,1-2H3/t22-,23+,24+/m1/s1. The first-order valence-corrected chi connectivity index (χ1v) is 10.5. The molecular weight excluding hydrogens is 348 g/mol. The fraction of sp³-hybridized carbons (Fsp3) is 0.500. The molecule has 4 heterocycles. The second-order valence-corrected chi connectivity index (χ2v) is 8.52. The smallest absolute Gasteiger partial charge is 0.122 e. The minimum Gasteiger partial charge on any atom is -0.497 e. The highest BCUT2D eigenvalue weighted by molar-refractivity contribution is 5.39. The summed E-state index contributed by atoms with van der Waals surface area (Å²) < 4.78 is 11.0. The molecule has 2 aromatic rings. The molecule has 0 unspecified atom stereocenters. The van der Waals surface area contributed by atoms with Crippen molar-refractivity contribution in [3.05, 3.63) is 59.7 Å². The number of methoxy groups -OCH3 is 2. The molecule has 0 aliphatic carbocycles. The van der Waals surface area contributed by atoms with Gasteiger partial charge in [-0.3, -0.25) is 9.80 Å². The molecule has 4 aliphatic heterocycles. The maximum atomic E-state index is 5.50. The Kier molecular flexibility index (Phi) is 4.77. The third kappa shape index (κ3) is 3.09. The highest BCUT2D eigenvalue weighted by atomic mass is 16.5. The van der Waals surface area contributed by atoms with Crippen molar-refractivity contribution >= 4 is 0 Å². The predicted molar refractivity (Wildman–Crippen MR) is 111 cm³/mol. The fourth-order valence-electron chi connectivity index (χ4n) is 5.91. The molecule has 4 saturated heterocycles. The number of hydrogen-bond donors (Lipinski definition) is 0. The molecule has 28 heavy (non-hydrogen) atoms. The second kappa shape index (κ2) is 7.41. The number of ether oxygens (including phenoxy) is 2. The summed E-state index contributed by atoms with van der Waals surface area (Å²) in [5, 5.41) is 0. The van der Waals surface area contributed by atoms with Crippen LogP contribution in [0.1, 0.15) is 29.9 Å². The Hall–Kier alpha value is -2.04. The Morgan fingerprint density at radius 2 is 1.57 bits per heavy atom. The van der Waals surface area contributed by atoms with Gasteiger partial charge in [-0.05, 0) is 55.1 Å². The van der Waals surface area contributed by atoms with Crippen LogP contribution < -0.4 is 9.47 Å². The Morgan fingerprint density at radius 1 is 0.893 bits per heavy atom. The number of benzene rings is 2. The molecule has 2 aromatic carbocycles. The minimum atomic E-state index is 0.599. The summed E-state index contributed by atoms with van der Waals surface area (Å²) in [5.74, 6) is 3.18. The van der Waals surface area contributed by atoms with Crippen LogP contribution in [-0.4, -0.2) is 55.7 Å². The Morgan fingerprint density at radius 3 is 2.21 bits per heavy atom. The zero-order valence-electron chi connectivity index (χ0n) is 16.9. The topological polar surface area (TPSA) is 24.9 Å². The van der Waals surface area contributed by atoms with E-state index in [0.717, 1.165) is 30.5 Å². The lowest BCUT2D eigenvalue weighted by Crippen LogP contribution is -2.59. The Labute approximate surface area is 168 Å². The van der Waals surface area contributed by atoms with E-state index in [2.05, 4.69) is 52.3 Å². The lowest BCUT2D eigenvalue weighted by atomic mass is 9.75. The summed E-state index contributed by atoms with van der Waals surface area (Å²) in [7, 11) is 3.45. The summed E-state index contributed by atoms with van der Waals surface area (Å²) in [5.41, 5.74) is 2.77. The maximum absolute atomic E-state index is 5.50. The van der Waals surface area contributed by atoms with Gasteiger partial charge in [0.05, 0.1) is 14.2 Å². The fourth-order valence-corrected chi connectivity index (χ4v) is 5.91. The van der Waals surface area contributed by atoms with E-state index < -0.39 is 0 Å². The van der Waals surface area contributed by atoms with Crippen LogP contribution in [0.3, 0.4) is 0 Å². The molecule has 4 nitrogen and oxygen atoms in total. The summed E-state index contributed by atoms with van der Waals surface area (Å²) >= 11 is 0. The van der Waals surface area contributed by atoms with E-state index in [4.69, 9.17) is 9.47 Å². The van der Waals surface area contributed by atoms with Crippen LogP contribution in [0.15, 0.2) is 48.5 Å². The highest BCUT2D eigenvalue weighted by Crippen LogP contribution is 2.47. The largest absolute Gasteiger partial charge is 0.497 e. The average molecular weight is 379 g/mol. The molecule has 4 aliphatic rings. The lowest BCUT2D eigenvalue weighted by Gasteiger charge is -2.51. The van der Waals surface area contributed by atoms with Crippen LogP contribution in [0.4, 0.5) is 0 Å². The molecule has 148 valence electrons.